The Labute approximate surface area is 94.0 Å². The van der Waals surface area contributed by atoms with Crippen LogP contribution in [0.4, 0.5) is 5.69 Å². The molecule has 0 spiro atoms. The van der Waals surface area contributed by atoms with Crippen molar-refractivity contribution in [2.75, 3.05) is 25.6 Å². The van der Waals surface area contributed by atoms with Crippen LogP contribution in [0.25, 0.3) is 0 Å². The standard InChI is InChI=1S/C10H15ClN2O2/c1-15-10-3-2-7(11)4-9(10)13-5-8(12)6-14/h2-4,8,13-14H,5-6,12H2,1H3. The van der Waals surface area contributed by atoms with E-state index >= 15 is 0 Å². The van der Waals surface area contributed by atoms with Crippen LogP contribution in [-0.2, 0) is 0 Å². The fraction of sp³-hybridized carbons (Fsp3) is 0.400. The molecule has 0 saturated heterocycles. The average Bonchev–Trinajstić information content (AvgIpc) is 2.26. The summed E-state index contributed by atoms with van der Waals surface area (Å²) in [7, 11) is 1.58. The average molecular weight is 231 g/mol. The summed E-state index contributed by atoms with van der Waals surface area (Å²) >= 11 is 5.85. The van der Waals surface area contributed by atoms with Crippen molar-refractivity contribution in [2.24, 2.45) is 5.73 Å². The number of ether oxygens (including phenoxy) is 1. The highest BCUT2D eigenvalue weighted by Gasteiger charge is 2.05. The molecule has 0 aliphatic heterocycles. The molecule has 0 radical (unpaired) electrons. The predicted molar refractivity (Wildman–Crippen MR) is 61.6 cm³/mol. The van der Waals surface area contributed by atoms with Gasteiger partial charge in [0.05, 0.1) is 19.4 Å². The maximum atomic E-state index is 8.77. The number of nitrogens with one attached hydrogen (secondary N) is 1. The van der Waals surface area contributed by atoms with E-state index in [1.54, 1.807) is 25.3 Å². The summed E-state index contributed by atoms with van der Waals surface area (Å²) in [5, 5.41) is 12.5. The summed E-state index contributed by atoms with van der Waals surface area (Å²) in [5.41, 5.74) is 6.34. The Bertz CT molecular complexity index is 320. The van der Waals surface area contributed by atoms with Gasteiger partial charge in [0.15, 0.2) is 0 Å². The van der Waals surface area contributed by atoms with Gasteiger partial charge in [0.2, 0.25) is 0 Å². The van der Waals surface area contributed by atoms with Gasteiger partial charge in [0.25, 0.3) is 0 Å². The van der Waals surface area contributed by atoms with Crippen LogP contribution < -0.4 is 15.8 Å². The summed E-state index contributed by atoms with van der Waals surface area (Å²) < 4.78 is 5.14. The van der Waals surface area contributed by atoms with Gasteiger partial charge in [0, 0.05) is 17.6 Å². The lowest BCUT2D eigenvalue weighted by molar-refractivity contribution is 0.270. The second-order valence-corrected chi connectivity index (χ2v) is 3.60. The lowest BCUT2D eigenvalue weighted by atomic mass is 10.2. The largest absolute Gasteiger partial charge is 0.495 e. The van der Waals surface area contributed by atoms with Crippen molar-refractivity contribution in [3.8, 4) is 5.75 Å². The molecule has 84 valence electrons. The van der Waals surface area contributed by atoms with Crippen LogP contribution in [0.1, 0.15) is 0 Å². The fourth-order valence-corrected chi connectivity index (χ4v) is 1.30. The molecule has 1 aromatic rings. The molecule has 0 bridgehead atoms. The molecule has 0 amide bonds. The summed E-state index contributed by atoms with van der Waals surface area (Å²) in [4.78, 5) is 0. The van der Waals surface area contributed by atoms with Crippen LogP contribution in [-0.4, -0.2) is 31.4 Å². The van der Waals surface area contributed by atoms with E-state index < -0.39 is 0 Å². The van der Waals surface area contributed by atoms with E-state index in [4.69, 9.17) is 27.2 Å². The molecule has 1 atom stereocenters. The molecule has 0 fully saturated rings. The number of hydrogen-bond donors (Lipinski definition) is 3. The van der Waals surface area contributed by atoms with Crippen molar-refractivity contribution in [1.82, 2.24) is 0 Å². The van der Waals surface area contributed by atoms with Crippen molar-refractivity contribution >= 4 is 17.3 Å². The minimum atomic E-state index is -0.298. The second kappa shape index (κ2) is 5.80. The lowest BCUT2D eigenvalue weighted by Gasteiger charge is -2.14. The van der Waals surface area contributed by atoms with Crippen molar-refractivity contribution in [3.05, 3.63) is 23.2 Å². The lowest BCUT2D eigenvalue weighted by Crippen LogP contribution is -2.32. The number of nitrogens with two attached hydrogens (primary N) is 1. The van der Waals surface area contributed by atoms with Crippen molar-refractivity contribution < 1.29 is 9.84 Å². The third-order valence-electron chi connectivity index (χ3n) is 1.95. The first-order chi connectivity index (χ1) is 7.17. The van der Waals surface area contributed by atoms with E-state index in [1.165, 1.54) is 0 Å². The van der Waals surface area contributed by atoms with Crippen LogP contribution >= 0.6 is 11.6 Å². The van der Waals surface area contributed by atoms with Gasteiger partial charge in [-0.3, -0.25) is 0 Å². The maximum absolute atomic E-state index is 8.77. The van der Waals surface area contributed by atoms with E-state index in [2.05, 4.69) is 5.32 Å². The molecule has 0 aliphatic rings. The number of methoxy groups -OCH3 is 1. The summed E-state index contributed by atoms with van der Waals surface area (Å²) in [6, 6.07) is 4.98. The minimum absolute atomic E-state index is 0.0596. The Kier molecular flexibility index (Phi) is 4.68. The zero-order valence-corrected chi connectivity index (χ0v) is 9.29. The summed E-state index contributed by atoms with van der Waals surface area (Å²) in [5.74, 6) is 0.699. The Morgan fingerprint density at radius 3 is 2.93 bits per heavy atom. The zero-order chi connectivity index (χ0) is 11.3. The molecule has 0 saturated carbocycles. The Balaban J connectivity index is 2.69. The number of halogens is 1. The summed E-state index contributed by atoms with van der Waals surface area (Å²) in [6.45, 7) is 0.406. The molecule has 1 aromatic carbocycles. The zero-order valence-electron chi connectivity index (χ0n) is 8.53. The van der Waals surface area contributed by atoms with Gasteiger partial charge in [-0.05, 0) is 18.2 Å². The topological polar surface area (TPSA) is 67.5 Å². The highest BCUT2D eigenvalue weighted by atomic mass is 35.5. The molecule has 0 heterocycles. The van der Waals surface area contributed by atoms with Gasteiger partial charge in [-0.1, -0.05) is 11.6 Å². The van der Waals surface area contributed by atoms with Crippen molar-refractivity contribution in [1.29, 1.82) is 0 Å². The van der Waals surface area contributed by atoms with E-state index in [0.29, 0.717) is 17.3 Å². The van der Waals surface area contributed by atoms with Gasteiger partial charge in [-0.2, -0.15) is 0 Å². The molecule has 0 aliphatic carbocycles. The number of rotatable bonds is 5. The summed E-state index contributed by atoms with van der Waals surface area (Å²) in [6.07, 6.45) is 0. The Morgan fingerprint density at radius 1 is 1.60 bits per heavy atom. The Morgan fingerprint density at radius 2 is 2.33 bits per heavy atom. The number of aliphatic hydroxyl groups is 1. The van der Waals surface area contributed by atoms with E-state index in [0.717, 1.165) is 5.69 Å². The SMILES string of the molecule is COc1ccc(Cl)cc1NCC(N)CO. The number of benzene rings is 1. The van der Waals surface area contributed by atoms with Crippen LogP contribution in [0.5, 0.6) is 5.75 Å². The highest BCUT2D eigenvalue weighted by Crippen LogP contribution is 2.27. The van der Waals surface area contributed by atoms with Gasteiger partial charge in [0.1, 0.15) is 5.75 Å². The number of aliphatic hydroxyl groups excluding tert-OH is 1. The molecular weight excluding hydrogens is 216 g/mol. The first-order valence-corrected chi connectivity index (χ1v) is 4.99. The first kappa shape index (κ1) is 12.1. The highest BCUT2D eigenvalue weighted by molar-refractivity contribution is 6.30. The minimum Gasteiger partial charge on any atom is -0.495 e. The maximum Gasteiger partial charge on any atom is 0.142 e. The van der Waals surface area contributed by atoms with Gasteiger partial charge >= 0.3 is 0 Å². The molecule has 4 N–H and O–H groups in total. The Hall–Kier alpha value is -0.970. The normalized spacial score (nSPS) is 12.3. The molecule has 15 heavy (non-hydrogen) atoms. The molecular formula is C10H15ClN2O2. The van der Waals surface area contributed by atoms with E-state index in [-0.39, 0.29) is 12.6 Å². The van der Waals surface area contributed by atoms with Gasteiger partial charge < -0.3 is 20.9 Å². The van der Waals surface area contributed by atoms with Crippen LogP contribution in [0.3, 0.4) is 0 Å². The van der Waals surface area contributed by atoms with E-state index in [1.807, 2.05) is 0 Å². The van der Waals surface area contributed by atoms with Crippen LogP contribution in [0, 0.1) is 0 Å². The number of hydrogen-bond acceptors (Lipinski definition) is 4. The molecule has 1 rings (SSSR count). The van der Waals surface area contributed by atoms with Gasteiger partial charge in [-0.15, -0.1) is 0 Å². The first-order valence-electron chi connectivity index (χ1n) is 4.61. The number of anilines is 1. The quantitative estimate of drug-likeness (QED) is 0.708. The molecule has 1 unspecified atom stereocenters. The third-order valence-corrected chi connectivity index (χ3v) is 2.19. The molecule has 5 heteroatoms. The van der Waals surface area contributed by atoms with Crippen molar-refractivity contribution in [3.63, 3.8) is 0 Å². The van der Waals surface area contributed by atoms with Crippen LogP contribution in [0.15, 0.2) is 18.2 Å². The molecule has 0 aromatic heterocycles. The smallest absolute Gasteiger partial charge is 0.142 e. The van der Waals surface area contributed by atoms with E-state index in [9.17, 15) is 0 Å². The molecule has 4 nitrogen and oxygen atoms in total. The monoisotopic (exact) mass is 230 g/mol. The van der Waals surface area contributed by atoms with Crippen molar-refractivity contribution in [2.45, 2.75) is 6.04 Å². The fourth-order valence-electron chi connectivity index (χ4n) is 1.12. The second-order valence-electron chi connectivity index (χ2n) is 3.17. The predicted octanol–water partition coefficient (Wildman–Crippen LogP) is 1.08. The third kappa shape index (κ3) is 3.58. The van der Waals surface area contributed by atoms with Crippen LogP contribution in [0.2, 0.25) is 5.02 Å². The van der Waals surface area contributed by atoms with Gasteiger partial charge in [-0.25, -0.2) is 0 Å².